The molecule has 1 heterocycles. The Morgan fingerprint density at radius 1 is 0.900 bits per heavy atom. The van der Waals surface area contributed by atoms with Crippen LogP contribution in [0, 0.1) is 0 Å². The maximum absolute atomic E-state index is 5.76. The lowest BCUT2D eigenvalue weighted by atomic mass is 10.1. The summed E-state index contributed by atoms with van der Waals surface area (Å²) in [5.74, 6) is 1.99. The molecule has 20 heavy (non-hydrogen) atoms. The van der Waals surface area contributed by atoms with Gasteiger partial charge in [0.2, 0.25) is 0 Å². The summed E-state index contributed by atoms with van der Waals surface area (Å²) in [6, 6.07) is 0. The Balaban J connectivity index is 2.42. The average molecular weight is 280 g/mol. The Hall–Kier alpha value is -0.900. The van der Waals surface area contributed by atoms with Crippen LogP contribution in [-0.4, -0.2) is 14.8 Å². The predicted octanol–water partition coefficient (Wildman–Crippen LogP) is 3.78. The fourth-order valence-corrected chi connectivity index (χ4v) is 2.66. The van der Waals surface area contributed by atoms with E-state index in [1.54, 1.807) is 0 Å². The van der Waals surface area contributed by atoms with Gasteiger partial charge in [-0.3, -0.25) is 0 Å². The van der Waals surface area contributed by atoms with Gasteiger partial charge in [0.15, 0.2) is 0 Å². The van der Waals surface area contributed by atoms with Crippen molar-refractivity contribution in [2.24, 2.45) is 5.73 Å². The summed E-state index contributed by atoms with van der Waals surface area (Å²) in [5.41, 5.74) is 5.77. The number of unbranched alkanes of at least 4 members (excludes halogenated alkanes) is 6. The molecule has 4 heteroatoms. The molecule has 0 aliphatic heterocycles. The van der Waals surface area contributed by atoms with Crippen LogP contribution in [0.5, 0.6) is 0 Å². The summed E-state index contributed by atoms with van der Waals surface area (Å²) in [5, 5.41) is 8.56. The first-order valence-electron chi connectivity index (χ1n) is 8.14. The van der Waals surface area contributed by atoms with Crippen molar-refractivity contribution in [2.45, 2.75) is 91.1 Å². The number of nitrogens with zero attached hydrogens (tertiary/aromatic N) is 3. The van der Waals surface area contributed by atoms with Crippen LogP contribution in [0.15, 0.2) is 0 Å². The van der Waals surface area contributed by atoms with Crippen LogP contribution in [0.2, 0.25) is 0 Å². The van der Waals surface area contributed by atoms with E-state index in [1.165, 1.54) is 44.9 Å². The zero-order chi connectivity index (χ0) is 15.0. The van der Waals surface area contributed by atoms with Crippen molar-refractivity contribution < 1.29 is 0 Å². The van der Waals surface area contributed by atoms with Crippen LogP contribution in [0.25, 0.3) is 0 Å². The minimum atomic E-state index is 0.00859. The minimum absolute atomic E-state index is 0.00859. The lowest BCUT2D eigenvalue weighted by Gasteiger charge is -2.24. The van der Waals surface area contributed by atoms with Crippen LogP contribution >= 0.6 is 0 Å². The zero-order valence-corrected chi connectivity index (χ0v) is 13.8. The van der Waals surface area contributed by atoms with Gasteiger partial charge in [-0.2, -0.15) is 0 Å². The van der Waals surface area contributed by atoms with Crippen molar-refractivity contribution in [1.82, 2.24) is 14.8 Å². The molecule has 0 spiro atoms. The monoisotopic (exact) mass is 280 g/mol. The summed E-state index contributed by atoms with van der Waals surface area (Å²) in [6.07, 6.45) is 10.3. The molecular weight excluding hydrogens is 248 g/mol. The molecular formula is C16H32N4. The SMILES string of the molecule is CCCCCCCCCc1nnc(CN)n1C(C)(C)C. The number of hydrogen-bond acceptors (Lipinski definition) is 3. The molecule has 0 saturated heterocycles. The smallest absolute Gasteiger partial charge is 0.147 e. The van der Waals surface area contributed by atoms with Crippen molar-refractivity contribution in [3.05, 3.63) is 11.6 Å². The Morgan fingerprint density at radius 2 is 1.45 bits per heavy atom. The highest BCUT2D eigenvalue weighted by Crippen LogP contribution is 2.20. The van der Waals surface area contributed by atoms with E-state index in [4.69, 9.17) is 5.73 Å². The molecule has 1 aromatic heterocycles. The van der Waals surface area contributed by atoms with Gasteiger partial charge in [0.25, 0.3) is 0 Å². The van der Waals surface area contributed by atoms with Crippen LogP contribution in [0.1, 0.15) is 84.3 Å². The summed E-state index contributed by atoms with van der Waals surface area (Å²) < 4.78 is 2.21. The summed E-state index contributed by atoms with van der Waals surface area (Å²) in [4.78, 5) is 0. The zero-order valence-electron chi connectivity index (χ0n) is 13.8. The van der Waals surface area contributed by atoms with Crippen LogP contribution in [0.3, 0.4) is 0 Å². The van der Waals surface area contributed by atoms with Gasteiger partial charge < -0.3 is 10.3 Å². The Kier molecular flexibility index (Phi) is 7.20. The maximum atomic E-state index is 5.76. The second kappa shape index (κ2) is 8.40. The molecule has 2 N–H and O–H groups in total. The van der Waals surface area contributed by atoms with Gasteiger partial charge in [0.1, 0.15) is 11.6 Å². The molecule has 1 rings (SSSR count). The number of nitrogens with two attached hydrogens (primary N) is 1. The number of rotatable bonds is 9. The summed E-state index contributed by atoms with van der Waals surface area (Å²) in [7, 11) is 0. The van der Waals surface area contributed by atoms with Gasteiger partial charge in [-0.25, -0.2) is 0 Å². The Morgan fingerprint density at radius 3 is 2.00 bits per heavy atom. The number of aryl methyl sites for hydroxylation is 1. The quantitative estimate of drug-likeness (QED) is 0.700. The third kappa shape index (κ3) is 5.23. The lowest BCUT2D eigenvalue weighted by molar-refractivity contribution is 0.367. The normalized spacial score (nSPS) is 12.1. The summed E-state index contributed by atoms with van der Waals surface area (Å²) >= 11 is 0. The van der Waals surface area contributed by atoms with Gasteiger partial charge in [0.05, 0.1) is 6.54 Å². The van der Waals surface area contributed by atoms with Gasteiger partial charge in [-0.05, 0) is 27.2 Å². The minimum Gasteiger partial charge on any atom is -0.324 e. The largest absolute Gasteiger partial charge is 0.324 e. The highest BCUT2D eigenvalue weighted by atomic mass is 15.3. The maximum Gasteiger partial charge on any atom is 0.147 e. The molecule has 0 saturated carbocycles. The van der Waals surface area contributed by atoms with Crippen LogP contribution in [-0.2, 0) is 18.5 Å². The first-order chi connectivity index (χ1) is 9.50. The molecule has 0 radical (unpaired) electrons. The second-order valence-corrected chi connectivity index (χ2v) is 6.61. The van der Waals surface area contributed by atoms with E-state index in [-0.39, 0.29) is 5.54 Å². The molecule has 0 fully saturated rings. The van der Waals surface area contributed by atoms with E-state index in [1.807, 2.05) is 0 Å². The average Bonchev–Trinajstić information content (AvgIpc) is 2.80. The molecule has 0 aliphatic rings. The number of hydrogen-bond donors (Lipinski definition) is 1. The van der Waals surface area contributed by atoms with Crippen molar-refractivity contribution >= 4 is 0 Å². The topological polar surface area (TPSA) is 56.7 Å². The third-order valence-electron chi connectivity index (χ3n) is 3.65. The third-order valence-corrected chi connectivity index (χ3v) is 3.65. The first-order valence-corrected chi connectivity index (χ1v) is 8.14. The molecule has 4 nitrogen and oxygen atoms in total. The van der Waals surface area contributed by atoms with Crippen LogP contribution < -0.4 is 5.73 Å². The van der Waals surface area contributed by atoms with E-state index >= 15 is 0 Å². The fourth-order valence-electron chi connectivity index (χ4n) is 2.66. The molecule has 1 aromatic rings. The predicted molar refractivity (Wildman–Crippen MR) is 84.6 cm³/mol. The van der Waals surface area contributed by atoms with Crippen LogP contribution in [0.4, 0.5) is 0 Å². The summed E-state index contributed by atoms with van der Waals surface area (Å²) in [6.45, 7) is 9.27. The Labute approximate surface area is 124 Å². The lowest BCUT2D eigenvalue weighted by Crippen LogP contribution is -2.27. The molecule has 0 atom stereocenters. The van der Waals surface area contributed by atoms with Gasteiger partial charge >= 0.3 is 0 Å². The standard InChI is InChI=1S/C16H32N4/c1-5-6-7-8-9-10-11-12-14-18-19-15(13-17)20(14)16(2,3)4/h5-13,17H2,1-4H3. The molecule has 0 aromatic carbocycles. The molecule has 0 bridgehead atoms. The van der Waals surface area contributed by atoms with E-state index in [0.717, 1.165) is 18.1 Å². The van der Waals surface area contributed by atoms with E-state index in [2.05, 4.69) is 42.5 Å². The highest BCUT2D eigenvalue weighted by molar-refractivity contribution is 5.01. The number of aromatic nitrogens is 3. The Bertz CT molecular complexity index is 376. The molecule has 116 valence electrons. The van der Waals surface area contributed by atoms with Crippen molar-refractivity contribution in [3.8, 4) is 0 Å². The van der Waals surface area contributed by atoms with Crippen molar-refractivity contribution in [3.63, 3.8) is 0 Å². The fraction of sp³-hybridized carbons (Fsp3) is 0.875. The van der Waals surface area contributed by atoms with E-state index < -0.39 is 0 Å². The van der Waals surface area contributed by atoms with E-state index in [0.29, 0.717) is 6.54 Å². The molecule has 0 amide bonds. The van der Waals surface area contributed by atoms with Gasteiger partial charge in [-0.1, -0.05) is 45.4 Å². The molecule has 0 aliphatic carbocycles. The van der Waals surface area contributed by atoms with Gasteiger partial charge in [-0.15, -0.1) is 10.2 Å². The highest BCUT2D eigenvalue weighted by Gasteiger charge is 2.21. The van der Waals surface area contributed by atoms with Crippen molar-refractivity contribution in [1.29, 1.82) is 0 Å². The van der Waals surface area contributed by atoms with Crippen molar-refractivity contribution in [2.75, 3.05) is 0 Å². The second-order valence-electron chi connectivity index (χ2n) is 6.61. The van der Waals surface area contributed by atoms with Gasteiger partial charge in [0, 0.05) is 12.0 Å². The first kappa shape index (κ1) is 17.2. The molecule has 0 unspecified atom stereocenters. The van der Waals surface area contributed by atoms with E-state index in [9.17, 15) is 0 Å².